The van der Waals surface area contributed by atoms with Gasteiger partial charge in [0, 0.05) is 29.7 Å². The van der Waals surface area contributed by atoms with E-state index < -0.39 is 0 Å². The number of halogens is 1. The third kappa shape index (κ3) is 11.0. The molecule has 1 N–H and O–H groups in total. The highest BCUT2D eigenvalue weighted by atomic mass is 127. The summed E-state index contributed by atoms with van der Waals surface area (Å²) in [6, 6.07) is 0. The molecule has 0 saturated carbocycles. The molecular formula is C15H33IN2O. The fourth-order valence-corrected chi connectivity index (χ4v) is 3.01. The molecule has 0 aliphatic carbocycles. The first-order valence-corrected chi connectivity index (χ1v) is 8.88. The Morgan fingerprint density at radius 1 is 1.16 bits per heavy atom. The number of ether oxygens (including phenoxy) is 1. The van der Waals surface area contributed by atoms with Crippen molar-refractivity contribution in [3.8, 4) is 0 Å². The van der Waals surface area contributed by atoms with Gasteiger partial charge in [0.1, 0.15) is 0 Å². The molecule has 0 aliphatic rings. The van der Waals surface area contributed by atoms with Gasteiger partial charge in [0.25, 0.3) is 0 Å². The third-order valence-electron chi connectivity index (χ3n) is 3.55. The largest absolute Gasteiger partial charge is 0.375 e. The van der Waals surface area contributed by atoms with Crippen LogP contribution in [0.15, 0.2) is 0 Å². The maximum atomic E-state index is 6.00. The first-order valence-electron chi connectivity index (χ1n) is 7.36. The fraction of sp³-hybridized carbons (Fsp3) is 1.00. The highest BCUT2D eigenvalue weighted by Gasteiger charge is 2.21. The second-order valence-corrected chi connectivity index (χ2v) is 7.58. The highest BCUT2D eigenvalue weighted by Crippen LogP contribution is 2.18. The van der Waals surface area contributed by atoms with E-state index in [2.05, 4.69) is 74.5 Å². The minimum atomic E-state index is 0.0136. The van der Waals surface area contributed by atoms with Crippen LogP contribution in [0.25, 0.3) is 0 Å². The molecule has 0 bridgehead atoms. The van der Waals surface area contributed by atoms with Crippen LogP contribution in [-0.2, 0) is 4.74 Å². The number of hydrogen-bond donors (Lipinski definition) is 1. The Balaban J connectivity index is 3.84. The predicted octanol–water partition coefficient (Wildman–Crippen LogP) is 3.32. The Labute approximate surface area is 134 Å². The van der Waals surface area contributed by atoms with Gasteiger partial charge in [0.05, 0.1) is 5.60 Å². The molecule has 0 rings (SSSR count). The number of alkyl halides is 1. The summed E-state index contributed by atoms with van der Waals surface area (Å²) in [7, 11) is 2.16. The van der Waals surface area contributed by atoms with Crippen molar-refractivity contribution in [1.29, 1.82) is 0 Å². The molecule has 0 unspecified atom stereocenters. The molecule has 0 radical (unpaired) electrons. The lowest BCUT2D eigenvalue weighted by molar-refractivity contribution is -0.0263. The van der Waals surface area contributed by atoms with Gasteiger partial charge in [-0.1, -0.05) is 29.5 Å². The quantitative estimate of drug-likeness (QED) is 0.437. The van der Waals surface area contributed by atoms with Crippen LogP contribution in [0.3, 0.4) is 0 Å². The van der Waals surface area contributed by atoms with Crippen LogP contribution in [0.4, 0.5) is 0 Å². The summed E-state index contributed by atoms with van der Waals surface area (Å²) in [5.41, 5.74) is 0.161. The average Bonchev–Trinajstić information content (AvgIpc) is 2.27. The van der Waals surface area contributed by atoms with Gasteiger partial charge < -0.3 is 15.0 Å². The van der Waals surface area contributed by atoms with Gasteiger partial charge in [-0.25, -0.2) is 0 Å². The van der Waals surface area contributed by atoms with Crippen LogP contribution in [0, 0.1) is 0 Å². The molecule has 0 atom stereocenters. The molecule has 0 spiro atoms. The van der Waals surface area contributed by atoms with Gasteiger partial charge in [-0.2, -0.15) is 0 Å². The number of likely N-dealkylation sites (N-methyl/N-ethyl adjacent to an activating group) is 1. The van der Waals surface area contributed by atoms with Crippen molar-refractivity contribution in [1.82, 2.24) is 10.2 Å². The van der Waals surface area contributed by atoms with Crippen molar-refractivity contribution in [3.63, 3.8) is 0 Å². The van der Waals surface area contributed by atoms with E-state index in [0.717, 1.165) is 43.5 Å². The Morgan fingerprint density at radius 2 is 1.79 bits per heavy atom. The molecule has 0 aromatic rings. The van der Waals surface area contributed by atoms with E-state index in [1.165, 1.54) is 0 Å². The zero-order chi connectivity index (χ0) is 14.9. The summed E-state index contributed by atoms with van der Waals surface area (Å²) >= 11 is 2.41. The first-order chi connectivity index (χ1) is 8.72. The van der Waals surface area contributed by atoms with Crippen LogP contribution < -0.4 is 5.32 Å². The lowest BCUT2D eigenvalue weighted by atomic mass is 10.0. The van der Waals surface area contributed by atoms with E-state index in [4.69, 9.17) is 4.74 Å². The second kappa shape index (κ2) is 9.53. The molecule has 0 aromatic heterocycles. The van der Waals surface area contributed by atoms with Gasteiger partial charge in [-0.05, 0) is 54.1 Å². The molecule has 3 nitrogen and oxygen atoms in total. The first kappa shape index (κ1) is 19.6. The summed E-state index contributed by atoms with van der Waals surface area (Å²) in [6.45, 7) is 15.1. The molecule has 19 heavy (non-hydrogen) atoms. The van der Waals surface area contributed by atoms with Gasteiger partial charge in [-0.15, -0.1) is 0 Å². The van der Waals surface area contributed by atoms with Crippen LogP contribution in [0.1, 0.15) is 47.5 Å². The van der Waals surface area contributed by atoms with Crippen LogP contribution in [0.5, 0.6) is 0 Å². The summed E-state index contributed by atoms with van der Waals surface area (Å²) < 4.78 is 7.15. The van der Waals surface area contributed by atoms with Gasteiger partial charge in [0.15, 0.2) is 0 Å². The predicted molar refractivity (Wildman–Crippen MR) is 93.4 cm³/mol. The lowest BCUT2D eigenvalue weighted by Crippen LogP contribution is -2.44. The normalized spacial score (nSPS) is 13.3. The number of rotatable bonds is 11. The van der Waals surface area contributed by atoms with Gasteiger partial charge in [0.2, 0.25) is 0 Å². The molecule has 0 amide bonds. The monoisotopic (exact) mass is 384 g/mol. The summed E-state index contributed by atoms with van der Waals surface area (Å²) in [5, 5.41) is 3.62. The second-order valence-electron chi connectivity index (χ2n) is 6.50. The van der Waals surface area contributed by atoms with Crippen molar-refractivity contribution in [3.05, 3.63) is 0 Å². The molecule has 0 fully saturated rings. The van der Waals surface area contributed by atoms with Crippen molar-refractivity contribution in [2.45, 2.75) is 58.6 Å². The fourth-order valence-electron chi connectivity index (χ4n) is 1.71. The molecule has 0 aromatic carbocycles. The van der Waals surface area contributed by atoms with Crippen molar-refractivity contribution in [2.24, 2.45) is 0 Å². The number of hydrogen-bond acceptors (Lipinski definition) is 3. The van der Waals surface area contributed by atoms with Crippen LogP contribution in [0.2, 0.25) is 0 Å². The number of nitrogens with one attached hydrogen (secondary N) is 1. The molecular weight excluding hydrogens is 351 g/mol. The molecule has 4 heteroatoms. The van der Waals surface area contributed by atoms with Crippen molar-refractivity contribution >= 4 is 22.6 Å². The smallest absolute Gasteiger partial charge is 0.0633 e. The third-order valence-corrected chi connectivity index (χ3v) is 4.09. The maximum absolute atomic E-state index is 6.00. The van der Waals surface area contributed by atoms with Crippen molar-refractivity contribution < 1.29 is 4.74 Å². The summed E-state index contributed by atoms with van der Waals surface area (Å²) in [4.78, 5) is 2.32. The molecule has 0 heterocycles. The van der Waals surface area contributed by atoms with E-state index >= 15 is 0 Å². The average molecular weight is 384 g/mol. The minimum Gasteiger partial charge on any atom is -0.375 e. The number of nitrogens with zero attached hydrogens (tertiary/aromatic N) is 1. The Hall–Kier alpha value is 0.610. The zero-order valence-corrected chi connectivity index (χ0v) is 15.8. The van der Waals surface area contributed by atoms with Gasteiger partial charge in [-0.3, -0.25) is 0 Å². The zero-order valence-electron chi connectivity index (χ0n) is 13.7. The van der Waals surface area contributed by atoms with E-state index in [1.807, 2.05) is 0 Å². The van der Waals surface area contributed by atoms with E-state index in [0.29, 0.717) is 0 Å². The SMILES string of the molecule is CCN(C)CCNC(C)(C)CCOC(C)(C)CCI. The summed E-state index contributed by atoms with van der Waals surface area (Å²) in [6.07, 6.45) is 2.16. The standard InChI is InChI=1S/C15H33IN2O/c1-7-18(6)12-11-17-14(2,3)9-13-19-15(4,5)8-10-16/h17H,7-13H2,1-6H3. The Kier molecular flexibility index (Phi) is 9.83. The molecule has 0 saturated heterocycles. The van der Waals surface area contributed by atoms with Crippen LogP contribution >= 0.6 is 22.6 Å². The summed E-state index contributed by atoms with van der Waals surface area (Å²) in [5.74, 6) is 0. The lowest BCUT2D eigenvalue weighted by Gasteiger charge is -2.30. The minimum absolute atomic E-state index is 0.0136. The molecule has 0 aliphatic heterocycles. The topological polar surface area (TPSA) is 24.5 Å². The van der Waals surface area contributed by atoms with E-state index in [-0.39, 0.29) is 11.1 Å². The van der Waals surface area contributed by atoms with Gasteiger partial charge >= 0.3 is 0 Å². The highest BCUT2D eigenvalue weighted by molar-refractivity contribution is 14.1. The van der Waals surface area contributed by atoms with E-state index in [9.17, 15) is 0 Å². The Morgan fingerprint density at radius 3 is 2.32 bits per heavy atom. The van der Waals surface area contributed by atoms with E-state index in [1.54, 1.807) is 0 Å². The van der Waals surface area contributed by atoms with Crippen LogP contribution in [-0.4, -0.2) is 53.8 Å². The molecule has 116 valence electrons. The maximum Gasteiger partial charge on any atom is 0.0633 e. The van der Waals surface area contributed by atoms with Crippen molar-refractivity contribution in [2.75, 3.05) is 37.7 Å². The Bertz CT molecular complexity index is 232.